The van der Waals surface area contributed by atoms with Crippen LogP contribution in [0.15, 0.2) is 35.1 Å². The molecule has 3 heterocycles. The molecule has 1 saturated heterocycles. The van der Waals surface area contributed by atoms with Crippen molar-refractivity contribution in [2.45, 2.75) is 46.2 Å². The van der Waals surface area contributed by atoms with Gasteiger partial charge in [0.25, 0.3) is 11.5 Å². The number of aromatic amines is 1. The second-order valence-corrected chi connectivity index (χ2v) is 11.4. The fourth-order valence-electron chi connectivity index (χ4n) is 5.10. The standard InChI is InChI=1S/C25H31N3O5S/c1-15-13-22(33-4)20(24(29)27-15)14-26-25(30)23-17(3)28(21-8-6-5-7-19(21)23)16(2)18-9-11-34(31,32)12-10-18/h5-8,13,16,18H,9-12,14H2,1-4H3,(H,26,30)(H,27,29)/t16-/m0/s1. The molecule has 0 unspecified atom stereocenters. The molecule has 2 N–H and O–H groups in total. The van der Waals surface area contributed by atoms with Gasteiger partial charge >= 0.3 is 0 Å². The molecule has 0 spiro atoms. The molecule has 1 amide bonds. The number of ether oxygens (including phenoxy) is 1. The smallest absolute Gasteiger partial charge is 0.256 e. The highest BCUT2D eigenvalue weighted by Gasteiger charge is 2.31. The predicted octanol–water partition coefficient (Wildman–Crippen LogP) is 3.27. The maximum absolute atomic E-state index is 13.4. The summed E-state index contributed by atoms with van der Waals surface area (Å²) in [5.74, 6) is 0.792. The number of fused-ring (bicyclic) bond motifs is 1. The van der Waals surface area contributed by atoms with Crippen LogP contribution in [0.2, 0.25) is 0 Å². The molecule has 0 bridgehead atoms. The number of amides is 1. The molecule has 2 aromatic heterocycles. The van der Waals surface area contributed by atoms with Crippen LogP contribution in [0.3, 0.4) is 0 Å². The van der Waals surface area contributed by atoms with E-state index in [0.29, 0.717) is 35.4 Å². The first kappa shape index (κ1) is 24.1. The highest BCUT2D eigenvalue weighted by Crippen LogP contribution is 2.36. The maximum atomic E-state index is 13.4. The van der Waals surface area contributed by atoms with Gasteiger partial charge in [0.2, 0.25) is 0 Å². The summed E-state index contributed by atoms with van der Waals surface area (Å²) in [5, 5.41) is 3.73. The molecule has 3 aromatic rings. The third kappa shape index (κ3) is 4.49. The molecule has 8 nitrogen and oxygen atoms in total. The average Bonchev–Trinajstić information content (AvgIpc) is 3.09. The van der Waals surface area contributed by atoms with Crippen molar-refractivity contribution in [3.63, 3.8) is 0 Å². The molecule has 0 aliphatic carbocycles. The van der Waals surface area contributed by atoms with E-state index in [9.17, 15) is 18.0 Å². The van der Waals surface area contributed by atoms with Crippen LogP contribution >= 0.6 is 0 Å². The van der Waals surface area contributed by atoms with Crippen molar-refractivity contribution in [2.24, 2.45) is 5.92 Å². The van der Waals surface area contributed by atoms with Gasteiger partial charge in [-0.25, -0.2) is 8.42 Å². The van der Waals surface area contributed by atoms with Crippen molar-refractivity contribution in [1.82, 2.24) is 14.9 Å². The molecule has 0 radical (unpaired) electrons. The number of pyridine rings is 1. The number of methoxy groups -OCH3 is 1. The van der Waals surface area contributed by atoms with E-state index in [4.69, 9.17) is 4.74 Å². The van der Waals surface area contributed by atoms with E-state index in [1.807, 2.05) is 31.2 Å². The number of para-hydroxylation sites is 1. The van der Waals surface area contributed by atoms with Gasteiger partial charge in [-0.3, -0.25) is 9.59 Å². The molecule has 182 valence electrons. The first-order valence-electron chi connectivity index (χ1n) is 11.5. The summed E-state index contributed by atoms with van der Waals surface area (Å²) in [6, 6.07) is 9.52. The molecule has 1 atom stereocenters. The van der Waals surface area contributed by atoms with Crippen molar-refractivity contribution >= 4 is 26.6 Å². The number of rotatable bonds is 6. The second-order valence-electron chi connectivity index (χ2n) is 9.09. The number of aromatic nitrogens is 2. The Kier molecular flexibility index (Phi) is 6.58. The van der Waals surface area contributed by atoms with Crippen molar-refractivity contribution in [3.05, 3.63) is 63.2 Å². The Morgan fingerprint density at radius 2 is 1.91 bits per heavy atom. The van der Waals surface area contributed by atoms with Crippen LogP contribution in [0.5, 0.6) is 5.75 Å². The molecule has 1 aliphatic rings. The van der Waals surface area contributed by atoms with Gasteiger partial charge in [0.05, 0.1) is 36.3 Å². The van der Waals surface area contributed by atoms with Crippen LogP contribution in [0.1, 0.15) is 53.1 Å². The zero-order valence-electron chi connectivity index (χ0n) is 20.0. The van der Waals surface area contributed by atoms with E-state index < -0.39 is 9.84 Å². The van der Waals surface area contributed by atoms with Crippen molar-refractivity contribution < 1.29 is 17.9 Å². The highest BCUT2D eigenvalue weighted by molar-refractivity contribution is 7.91. The Hall–Kier alpha value is -3.07. The Morgan fingerprint density at radius 3 is 2.59 bits per heavy atom. The number of carbonyl (C=O) groups is 1. The molecule has 1 aliphatic heterocycles. The average molecular weight is 486 g/mol. The van der Waals surface area contributed by atoms with Gasteiger partial charge in [-0.05, 0) is 51.7 Å². The van der Waals surface area contributed by atoms with Gasteiger partial charge in [0.15, 0.2) is 0 Å². The number of nitrogens with one attached hydrogen (secondary N) is 2. The minimum atomic E-state index is -2.95. The number of hydrogen-bond donors (Lipinski definition) is 2. The molecule has 0 saturated carbocycles. The van der Waals surface area contributed by atoms with Gasteiger partial charge in [0.1, 0.15) is 15.6 Å². The largest absolute Gasteiger partial charge is 0.496 e. The third-order valence-corrected chi connectivity index (χ3v) is 8.66. The predicted molar refractivity (Wildman–Crippen MR) is 132 cm³/mol. The van der Waals surface area contributed by atoms with E-state index in [0.717, 1.165) is 16.6 Å². The lowest BCUT2D eigenvalue weighted by Gasteiger charge is -2.30. The molecule has 9 heteroatoms. The number of sulfone groups is 1. The summed E-state index contributed by atoms with van der Waals surface area (Å²) >= 11 is 0. The van der Waals surface area contributed by atoms with Gasteiger partial charge in [0, 0.05) is 28.3 Å². The van der Waals surface area contributed by atoms with Crippen LogP contribution in [0.4, 0.5) is 0 Å². The van der Waals surface area contributed by atoms with Gasteiger partial charge in [-0.2, -0.15) is 0 Å². The van der Waals surface area contributed by atoms with Crippen LogP contribution in [0, 0.1) is 19.8 Å². The van der Waals surface area contributed by atoms with E-state index in [2.05, 4.69) is 21.8 Å². The number of hydrogen-bond acceptors (Lipinski definition) is 5. The van der Waals surface area contributed by atoms with E-state index in [1.54, 1.807) is 13.0 Å². The summed E-state index contributed by atoms with van der Waals surface area (Å²) in [6.07, 6.45) is 1.24. The lowest BCUT2D eigenvalue weighted by Crippen LogP contribution is -2.29. The summed E-state index contributed by atoms with van der Waals surface area (Å²) in [5.41, 5.74) is 3.08. The number of H-pyrrole nitrogens is 1. The molecule has 1 fully saturated rings. The van der Waals surface area contributed by atoms with Gasteiger partial charge in [-0.1, -0.05) is 18.2 Å². The van der Waals surface area contributed by atoms with E-state index in [-0.39, 0.29) is 41.5 Å². The zero-order chi connectivity index (χ0) is 24.6. The lowest BCUT2D eigenvalue weighted by molar-refractivity contribution is 0.0951. The van der Waals surface area contributed by atoms with Crippen LogP contribution in [-0.2, 0) is 16.4 Å². The number of benzene rings is 1. The summed E-state index contributed by atoms with van der Waals surface area (Å²) in [7, 11) is -1.45. The Balaban J connectivity index is 1.66. The normalized spacial score (nSPS) is 16.9. The topological polar surface area (TPSA) is 110 Å². The van der Waals surface area contributed by atoms with E-state index in [1.165, 1.54) is 7.11 Å². The Morgan fingerprint density at radius 1 is 1.24 bits per heavy atom. The number of nitrogens with zero attached hydrogens (tertiary/aromatic N) is 1. The molecular formula is C25H31N3O5S. The Labute approximate surface area is 199 Å². The van der Waals surface area contributed by atoms with Crippen LogP contribution in [0.25, 0.3) is 10.9 Å². The zero-order valence-corrected chi connectivity index (χ0v) is 20.8. The quantitative estimate of drug-likeness (QED) is 0.557. The number of carbonyl (C=O) groups excluding carboxylic acids is 1. The summed E-state index contributed by atoms with van der Waals surface area (Å²) in [6.45, 7) is 5.82. The molecular weight excluding hydrogens is 454 g/mol. The number of aryl methyl sites for hydroxylation is 1. The minimum absolute atomic E-state index is 0.0343. The molecule has 4 rings (SSSR count). The fraction of sp³-hybridized carbons (Fsp3) is 0.440. The first-order chi connectivity index (χ1) is 16.1. The van der Waals surface area contributed by atoms with Gasteiger partial charge < -0.3 is 19.6 Å². The lowest BCUT2D eigenvalue weighted by atomic mass is 9.94. The first-order valence-corrected chi connectivity index (χ1v) is 13.3. The van der Waals surface area contributed by atoms with Gasteiger partial charge in [-0.15, -0.1) is 0 Å². The minimum Gasteiger partial charge on any atom is -0.496 e. The van der Waals surface area contributed by atoms with Crippen molar-refractivity contribution in [2.75, 3.05) is 18.6 Å². The summed E-state index contributed by atoms with van der Waals surface area (Å²) < 4.78 is 31.3. The Bertz CT molecular complexity index is 1390. The monoisotopic (exact) mass is 485 g/mol. The van der Waals surface area contributed by atoms with Crippen LogP contribution < -0.4 is 15.6 Å². The van der Waals surface area contributed by atoms with E-state index >= 15 is 0 Å². The maximum Gasteiger partial charge on any atom is 0.256 e. The second kappa shape index (κ2) is 9.29. The highest BCUT2D eigenvalue weighted by atomic mass is 32.2. The van der Waals surface area contributed by atoms with Crippen molar-refractivity contribution in [3.8, 4) is 5.75 Å². The van der Waals surface area contributed by atoms with Crippen molar-refractivity contribution in [1.29, 1.82) is 0 Å². The summed E-state index contributed by atoms with van der Waals surface area (Å²) in [4.78, 5) is 28.5. The molecule has 1 aromatic carbocycles. The third-order valence-electron chi connectivity index (χ3n) is 6.95. The fourth-order valence-corrected chi connectivity index (χ4v) is 6.62. The molecule has 34 heavy (non-hydrogen) atoms. The van der Waals surface area contributed by atoms with Crippen LogP contribution in [-0.4, -0.2) is 42.5 Å². The SMILES string of the molecule is COc1cc(C)[nH]c(=O)c1CNC(=O)c1c(C)n([C@@H](C)C2CCS(=O)(=O)CC2)c2ccccc12.